The van der Waals surface area contributed by atoms with Gasteiger partial charge in [0.05, 0.1) is 12.9 Å². The Kier molecular flexibility index (Phi) is 4.29. The largest absolute Gasteiger partial charge is 0.394 e. The highest BCUT2D eigenvalue weighted by Crippen LogP contribution is 2.47. The summed E-state index contributed by atoms with van der Waals surface area (Å²) >= 11 is 0. The van der Waals surface area contributed by atoms with Crippen LogP contribution in [0.5, 0.6) is 0 Å². The maximum absolute atomic E-state index is 13.3. The summed E-state index contributed by atoms with van der Waals surface area (Å²) in [5.41, 5.74) is 5.28. The Balaban J connectivity index is 1.61. The van der Waals surface area contributed by atoms with E-state index in [1.54, 1.807) is 35.2 Å². The SMILES string of the molecule is COC1C2=NC(N)(C(=O)c3ccccc3)c3ncn([C@@H]4O[C@H](CO)[C@@H](O)[C@H]4O)c3N21. The van der Waals surface area contributed by atoms with Gasteiger partial charge in [0.15, 0.2) is 18.3 Å². The number of ether oxygens (including phenoxy) is 2. The maximum Gasteiger partial charge on any atom is 0.220 e. The zero-order chi connectivity index (χ0) is 21.2. The monoisotopic (exact) mass is 415 g/mol. The van der Waals surface area contributed by atoms with Gasteiger partial charge in [-0.2, -0.15) is 0 Å². The maximum atomic E-state index is 13.3. The van der Waals surface area contributed by atoms with Crippen molar-refractivity contribution in [2.45, 2.75) is 36.4 Å². The lowest BCUT2D eigenvalue weighted by atomic mass is 9.95. The molecule has 2 saturated heterocycles. The van der Waals surface area contributed by atoms with Crippen LogP contribution >= 0.6 is 0 Å². The summed E-state index contributed by atoms with van der Waals surface area (Å²) in [5, 5.41) is 30.0. The van der Waals surface area contributed by atoms with Crippen LogP contribution < -0.4 is 10.6 Å². The molecule has 2 aromatic rings. The average molecular weight is 415 g/mol. The number of rotatable bonds is 5. The summed E-state index contributed by atoms with van der Waals surface area (Å²) < 4.78 is 12.5. The average Bonchev–Trinajstić information content (AvgIpc) is 3.12. The van der Waals surface area contributed by atoms with E-state index in [0.29, 0.717) is 17.2 Å². The van der Waals surface area contributed by atoms with Gasteiger partial charge < -0.3 is 24.8 Å². The van der Waals surface area contributed by atoms with Crippen molar-refractivity contribution in [2.24, 2.45) is 10.7 Å². The molecule has 0 radical (unpaired) electrons. The molecule has 1 aromatic carbocycles. The Morgan fingerprint density at radius 3 is 2.67 bits per heavy atom. The number of Topliss-reactive ketones (excluding diaryl/α,β-unsaturated/α-hetero) is 1. The number of hydrogen-bond acceptors (Lipinski definition) is 10. The van der Waals surface area contributed by atoms with Gasteiger partial charge in [0.25, 0.3) is 0 Å². The first-order valence-corrected chi connectivity index (χ1v) is 9.42. The number of aliphatic imine (C=N–C) groups is 1. The smallest absolute Gasteiger partial charge is 0.220 e. The number of aromatic nitrogens is 2. The number of aliphatic hydroxyl groups excluding tert-OH is 3. The third kappa shape index (κ3) is 2.51. The van der Waals surface area contributed by atoms with E-state index in [2.05, 4.69) is 9.98 Å². The standard InChI is InChI=1S/C19H21N5O6/c1-29-18-15-22-19(20,14(28)9-5-3-2-4-6-9)13-16(24(15)18)23(8-21-13)17-12(27)11(26)10(7-25)30-17/h2-6,8,10-12,17-18,25-27H,7,20H2,1H3/t10-,11-,12-,17-,18?,19?,24?/m1/s1. The highest BCUT2D eigenvalue weighted by atomic mass is 16.6. The summed E-state index contributed by atoms with van der Waals surface area (Å²) in [5.74, 6) is 0.392. The van der Waals surface area contributed by atoms with Gasteiger partial charge in [0, 0.05) is 12.7 Å². The molecule has 3 aliphatic heterocycles. The summed E-state index contributed by atoms with van der Waals surface area (Å²) in [6.07, 6.45) is -3.77. The number of imidazole rings is 1. The van der Waals surface area contributed by atoms with Gasteiger partial charge in [0.2, 0.25) is 11.4 Å². The Morgan fingerprint density at radius 2 is 2.03 bits per heavy atom. The molecule has 0 aliphatic carbocycles. The van der Waals surface area contributed by atoms with E-state index in [1.165, 1.54) is 18.0 Å². The molecule has 4 heterocycles. The summed E-state index contributed by atoms with van der Waals surface area (Å²) in [6.45, 7) is -0.462. The van der Waals surface area contributed by atoms with E-state index in [4.69, 9.17) is 15.2 Å². The Bertz CT molecular complexity index is 1030. The topological polar surface area (TPSA) is 155 Å². The molecule has 0 saturated carbocycles. The van der Waals surface area contributed by atoms with E-state index in [1.807, 2.05) is 0 Å². The van der Waals surface area contributed by atoms with Crippen LogP contribution in [0.4, 0.5) is 5.82 Å². The molecule has 1 aromatic heterocycles. The first kappa shape index (κ1) is 19.3. The van der Waals surface area contributed by atoms with Crippen LogP contribution in [0.3, 0.4) is 0 Å². The second-order valence-corrected chi connectivity index (χ2v) is 7.44. The van der Waals surface area contributed by atoms with Gasteiger partial charge in [0.1, 0.15) is 29.8 Å². The summed E-state index contributed by atoms with van der Waals surface area (Å²) in [7, 11) is 1.50. The number of hydrogen-bond donors (Lipinski definition) is 4. The van der Waals surface area contributed by atoms with Crippen LogP contribution in [0, 0.1) is 0 Å². The van der Waals surface area contributed by atoms with Crippen molar-refractivity contribution in [1.29, 1.82) is 0 Å². The number of amidine groups is 1. The number of carbonyl (C=O) groups is 1. The van der Waals surface area contributed by atoms with Gasteiger partial charge in [-0.3, -0.25) is 20.0 Å². The van der Waals surface area contributed by atoms with Crippen LogP contribution in [0.15, 0.2) is 41.7 Å². The summed E-state index contributed by atoms with van der Waals surface area (Å²) in [6, 6.07) is 8.54. The van der Waals surface area contributed by atoms with Crippen molar-refractivity contribution in [3.05, 3.63) is 47.9 Å². The molecule has 11 heteroatoms. The number of nitrogens with two attached hydrogens (primary N) is 1. The highest BCUT2D eigenvalue weighted by Gasteiger charge is 2.59. The Hall–Kier alpha value is -2.67. The number of anilines is 1. The number of carbonyl (C=O) groups excluding carboxylic acids is 1. The van der Waals surface area contributed by atoms with E-state index in [-0.39, 0.29) is 5.69 Å². The minimum atomic E-state index is -1.79. The number of aliphatic hydroxyl groups is 3. The lowest BCUT2D eigenvalue weighted by Crippen LogP contribution is -2.46. The van der Waals surface area contributed by atoms with Gasteiger partial charge in [-0.05, 0) is 0 Å². The second kappa shape index (κ2) is 6.67. The molecular weight excluding hydrogens is 394 g/mol. The first-order chi connectivity index (χ1) is 14.4. The normalized spacial score (nSPS) is 34.4. The molecule has 158 valence electrons. The van der Waals surface area contributed by atoms with Crippen molar-refractivity contribution in [3.8, 4) is 0 Å². The van der Waals surface area contributed by atoms with Crippen molar-refractivity contribution >= 4 is 17.4 Å². The third-order valence-corrected chi connectivity index (χ3v) is 5.68. The van der Waals surface area contributed by atoms with Gasteiger partial charge in [-0.1, -0.05) is 30.3 Å². The lowest BCUT2D eigenvalue weighted by molar-refractivity contribution is -0.0521. The lowest BCUT2D eigenvalue weighted by Gasteiger charge is -2.27. The quantitative estimate of drug-likeness (QED) is 0.344. The van der Waals surface area contributed by atoms with Crippen LogP contribution in [0.25, 0.3) is 0 Å². The second-order valence-electron chi connectivity index (χ2n) is 7.44. The minimum absolute atomic E-state index is 0.178. The molecule has 6 atom stereocenters. The molecule has 5 N–H and O–H groups in total. The van der Waals surface area contributed by atoms with Crippen LogP contribution in [0.1, 0.15) is 22.3 Å². The van der Waals surface area contributed by atoms with Gasteiger partial charge in [-0.25, -0.2) is 9.98 Å². The van der Waals surface area contributed by atoms with Crippen molar-refractivity contribution in [1.82, 2.24) is 9.55 Å². The predicted molar refractivity (Wildman–Crippen MR) is 103 cm³/mol. The Labute approximate surface area is 171 Å². The van der Waals surface area contributed by atoms with Crippen LogP contribution in [-0.2, 0) is 15.1 Å². The zero-order valence-electron chi connectivity index (χ0n) is 16.0. The molecule has 5 rings (SSSR count). The fourth-order valence-corrected chi connectivity index (χ4v) is 4.07. The van der Waals surface area contributed by atoms with Gasteiger partial charge >= 0.3 is 0 Å². The summed E-state index contributed by atoms with van der Waals surface area (Å²) in [4.78, 5) is 23.8. The number of benzene rings is 1. The predicted octanol–water partition coefficient (Wildman–Crippen LogP) is -1.31. The van der Waals surface area contributed by atoms with Gasteiger partial charge in [-0.15, -0.1) is 0 Å². The highest BCUT2D eigenvalue weighted by molar-refractivity contribution is 6.21. The Morgan fingerprint density at radius 1 is 1.30 bits per heavy atom. The van der Waals surface area contributed by atoms with Crippen LogP contribution in [-0.4, -0.2) is 74.7 Å². The number of methoxy groups -OCH3 is 1. The minimum Gasteiger partial charge on any atom is -0.394 e. The molecule has 11 nitrogen and oxygen atoms in total. The van der Waals surface area contributed by atoms with E-state index in [0.717, 1.165) is 0 Å². The number of fused-ring (bicyclic) bond motifs is 3. The van der Waals surface area contributed by atoms with E-state index < -0.39 is 48.8 Å². The molecule has 2 unspecified atom stereocenters. The third-order valence-electron chi connectivity index (χ3n) is 5.68. The molecule has 2 fully saturated rings. The van der Waals surface area contributed by atoms with Crippen molar-refractivity contribution in [3.63, 3.8) is 0 Å². The zero-order valence-corrected chi connectivity index (χ0v) is 16.0. The fourth-order valence-electron chi connectivity index (χ4n) is 4.07. The number of nitrogens with zero attached hydrogens (tertiary/aromatic N) is 4. The number of ketones is 1. The molecule has 0 bridgehead atoms. The first-order valence-electron chi connectivity index (χ1n) is 9.42. The molecule has 3 aliphatic rings. The molecular formula is C19H21N5O6. The molecule has 0 amide bonds. The molecule has 0 spiro atoms. The van der Waals surface area contributed by atoms with Crippen molar-refractivity contribution < 1.29 is 29.6 Å². The van der Waals surface area contributed by atoms with Crippen LogP contribution in [0.2, 0.25) is 0 Å². The van der Waals surface area contributed by atoms with Crippen molar-refractivity contribution in [2.75, 3.05) is 18.6 Å². The fraction of sp³-hybridized carbons (Fsp3) is 0.421. The van der Waals surface area contributed by atoms with E-state index >= 15 is 0 Å². The molecule has 30 heavy (non-hydrogen) atoms. The van der Waals surface area contributed by atoms with E-state index in [9.17, 15) is 20.1 Å².